The van der Waals surface area contributed by atoms with Crippen LogP contribution in [-0.4, -0.2) is 55.4 Å². The number of amides is 1. The number of hydrogen-bond acceptors (Lipinski definition) is 5. The molecule has 0 aromatic carbocycles. The third-order valence-electron chi connectivity index (χ3n) is 3.68. The van der Waals surface area contributed by atoms with Crippen LogP contribution in [0.25, 0.3) is 0 Å². The van der Waals surface area contributed by atoms with Gasteiger partial charge in [-0.15, -0.1) is 0 Å². The fourth-order valence-electron chi connectivity index (χ4n) is 2.61. The normalized spacial score (nSPS) is 33.6. The predicted molar refractivity (Wildman–Crippen MR) is 66.7 cm³/mol. The largest absolute Gasteiger partial charge is 0.376 e. The zero-order valence-electron chi connectivity index (χ0n) is 10.9. The summed E-state index contributed by atoms with van der Waals surface area (Å²) >= 11 is 0. The lowest BCUT2D eigenvalue weighted by molar-refractivity contribution is -0.133. The van der Waals surface area contributed by atoms with Crippen molar-refractivity contribution in [3.05, 3.63) is 0 Å². The Hall–Kier alpha value is -0.690. The lowest BCUT2D eigenvalue weighted by atomic mass is 10.1. The highest BCUT2D eigenvalue weighted by molar-refractivity contribution is 5.80. The van der Waals surface area contributed by atoms with Crippen LogP contribution in [0.4, 0.5) is 0 Å². The van der Waals surface area contributed by atoms with Crippen molar-refractivity contribution in [2.75, 3.05) is 26.2 Å². The molecule has 0 aromatic heterocycles. The van der Waals surface area contributed by atoms with Gasteiger partial charge in [-0.3, -0.25) is 15.1 Å². The predicted octanol–water partition coefficient (Wildman–Crippen LogP) is -0.365. The molecule has 0 radical (unpaired) electrons. The van der Waals surface area contributed by atoms with Crippen molar-refractivity contribution < 1.29 is 14.3 Å². The summed E-state index contributed by atoms with van der Waals surface area (Å²) in [5, 5.41) is 0. The van der Waals surface area contributed by atoms with Crippen molar-refractivity contribution >= 4 is 5.91 Å². The maximum Gasteiger partial charge on any atom is 0.263 e. The van der Waals surface area contributed by atoms with Crippen LogP contribution in [0.5, 0.6) is 0 Å². The van der Waals surface area contributed by atoms with Crippen LogP contribution >= 0.6 is 0 Å². The molecule has 3 unspecified atom stereocenters. The van der Waals surface area contributed by atoms with Crippen LogP contribution < -0.4 is 11.3 Å². The molecule has 2 heterocycles. The van der Waals surface area contributed by atoms with E-state index in [1.807, 2.05) is 0 Å². The van der Waals surface area contributed by atoms with Gasteiger partial charge in [0.15, 0.2) is 0 Å². The van der Waals surface area contributed by atoms with E-state index in [1.54, 1.807) is 0 Å². The summed E-state index contributed by atoms with van der Waals surface area (Å²) < 4.78 is 11.3. The van der Waals surface area contributed by atoms with Crippen LogP contribution in [0.15, 0.2) is 0 Å². The van der Waals surface area contributed by atoms with E-state index in [-0.39, 0.29) is 18.1 Å². The Morgan fingerprint density at radius 3 is 3.00 bits per heavy atom. The monoisotopic (exact) mass is 257 g/mol. The van der Waals surface area contributed by atoms with Gasteiger partial charge in [0.2, 0.25) is 0 Å². The highest BCUT2D eigenvalue weighted by Crippen LogP contribution is 2.21. The first-order valence-corrected chi connectivity index (χ1v) is 6.72. The summed E-state index contributed by atoms with van der Waals surface area (Å²) in [5.74, 6) is 4.89. The summed E-state index contributed by atoms with van der Waals surface area (Å²) in [6.07, 6.45) is 2.83. The van der Waals surface area contributed by atoms with E-state index >= 15 is 0 Å². The van der Waals surface area contributed by atoms with Gasteiger partial charge in [-0.25, -0.2) is 5.84 Å². The number of ether oxygens (including phenoxy) is 2. The van der Waals surface area contributed by atoms with Gasteiger partial charge in [0, 0.05) is 19.6 Å². The summed E-state index contributed by atoms with van der Waals surface area (Å²) in [4.78, 5) is 13.7. The molecule has 18 heavy (non-hydrogen) atoms. The second-order valence-electron chi connectivity index (χ2n) is 4.99. The van der Waals surface area contributed by atoms with Crippen molar-refractivity contribution in [2.24, 2.45) is 5.84 Å². The first kappa shape index (κ1) is 13.7. The molecule has 0 spiro atoms. The molecule has 2 saturated heterocycles. The number of nitrogens with zero attached hydrogens (tertiary/aromatic N) is 1. The number of carbonyl (C=O) groups excluding carboxylic acids is 1. The van der Waals surface area contributed by atoms with E-state index in [1.165, 1.54) is 0 Å². The van der Waals surface area contributed by atoms with Crippen molar-refractivity contribution in [3.63, 3.8) is 0 Å². The van der Waals surface area contributed by atoms with Crippen LogP contribution in [0.3, 0.4) is 0 Å². The van der Waals surface area contributed by atoms with E-state index in [9.17, 15) is 4.79 Å². The number of rotatable bonds is 4. The quantitative estimate of drug-likeness (QED) is 0.408. The third kappa shape index (κ3) is 3.41. The van der Waals surface area contributed by atoms with Gasteiger partial charge in [0.25, 0.3) is 5.91 Å². The van der Waals surface area contributed by atoms with E-state index in [4.69, 9.17) is 15.3 Å². The smallest absolute Gasteiger partial charge is 0.263 e. The average molecular weight is 257 g/mol. The molecule has 0 bridgehead atoms. The number of carbonyl (C=O) groups is 1. The second-order valence-corrected chi connectivity index (χ2v) is 4.99. The Morgan fingerprint density at radius 2 is 2.28 bits per heavy atom. The van der Waals surface area contributed by atoms with Gasteiger partial charge in [-0.2, -0.15) is 0 Å². The van der Waals surface area contributed by atoms with Crippen LogP contribution in [0.1, 0.15) is 26.2 Å². The van der Waals surface area contributed by atoms with Crippen LogP contribution in [0.2, 0.25) is 0 Å². The van der Waals surface area contributed by atoms with E-state index in [0.29, 0.717) is 6.10 Å². The molecule has 0 saturated carbocycles. The Labute approximate surface area is 108 Å². The Morgan fingerprint density at radius 1 is 1.44 bits per heavy atom. The molecule has 1 amide bonds. The molecule has 2 aliphatic rings. The molecule has 3 N–H and O–H groups in total. The first-order valence-electron chi connectivity index (χ1n) is 6.72. The van der Waals surface area contributed by atoms with Crippen molar-refractivity contribution in [2.45, 2.75) is 44.5 Å². The molecule has 104 valence electrons. The minimum atomic E-state index is -0.372. The van der Waals surface area contributed by atoms with Gasteiger partial charge >= 0.3 is 0 Å². The molecule has 6 heteroatoms. The Bertz CT molecular complexity index is 288. The van der Waals surface area contributed by atoms with E-state index in [0.717, 1.165) is 45.5 Å². The highest BCUT2D eigenvalue weighted by atomic mass is 16.5. The highest BCUT2D eigenvalue weighted by Gasteiger charge is 2.32. The number of nitrogens with one attached hydrogen (secondary N) is 1. The minimum absolute atomic E-state index is 0.142. The topological polar surface area (TPSA) is 76.8 Å². The second kappa shape index (κ2) is 6.47. The zero-order valence-corrected chi connectivity index (χ0v) is 10.9. The summed E-state index contributed by atoms with van der Waals surface area (Å²) in [6.45, 7) is 5.72. The standard InChI is InChI=1S/C12H23N3O3/c1-2-9-7-15(5-6-17-9)8-10-3-4-11(18-10)12(16)14-13/h9-11H,2-8,13H2,1H3,(H,14,16). The lowest BCUT2D eigenvalue weighted by Gasteiger charge is -2.33. The average Bonchev–Trinajstić information content (AvgIpc) is 2.86. The number of nitrogens with two attached hydrogens (primary N) is 1. The van der Waals surface area contributed by atoms with Gasteiger partial charge in [-0.1, -0.05) is 6.92 Å². The molecular formula is C12H23N3O3. The van der Waals surface area contributed by atoms with Crippen LogP contribution in [0, 0.1) is 0 Å². The summed E-state index contributed by atoms with van der Waals surface area (Å²) in [7, 11) is 0. The number of hydrogen-bond donors (Lipinski definition) is 2. The van der Waals surface area contributed by atoms with Gasteiger partial charge < -0.3 is 9.47 Å². The fourth-order valence-corrected chi connectivity index (χ4v) is 2.61. The molecule has 3 atom stereocenters. The van der Waals surface area contributed by atoms with Crippen molar-refractivity contribution in [1.29, 1.82) is 0 Å². The fraction of sp³-hybridized carbons (Fsp3) is 0.917. The number of morpholine rings is 1. The summed E-state index contributed by atoms with van der Waals surface area (Å²) in [6, 6.07) is 0. The zero-order chi connectivity index (χ0) is 13.0. The maximum atomic E-state index is 11.4. The molecule has 2 aliphatic heterocycles. The van der Waals surface area contributed by atoms with Crippen molar-refractivity contribution in [3.8, 4) is 0 Å². The van der Waals surface area contributed by atoms with Crippen LogP contribution in [-0.2, 0) is 14.3 Å². The summed E-state index contributed by atoms with van der Waals surface area (Å²) in [5.41, 5.74) is 2.15. The molecule has 2 fully saturated rings. The molecule has 0 aliphatic carbocycles. The van der Waals surface area contributed by atoms with E-state index in [2.05, 4.69) is 17.2 Å². The molecule has 6 nitrogen and oxygen atoms in total. The Balaban J connectivity index is 1.75. The molecule has 2 rings (SSSR count). The first-order chi connectivity index (χ1) is 8.72. The van der Waals surface area contributed by atoms with Gasteiger partial charge in [0.05, 0.1) is 18.8 Å². The number of hydrazine groups is 1. The minimum Gasteiger partial charge on any atom is -0.376 e. The van der Waals surface area contributed by atoms with Gasteiger partial charge in [-0.05, 0) is 19.3 Å². The SMILES string of the molecule is CCC1CN(CC2CCC(C(=O)NN)O2)CCO1. The maximum absolute atomic E-state index is 11.4. The molecular weight excluding hydrogens is 234 g/mol. The molecule has 0 aromatic rings. The lowest BCUT2D eigenvalue weighted by Crippen LogP contribution is -2.45. The Kier molecular flexibility index (Phi) is 4.94. The third-order valence-corrected chi connectivity index (χ3v) is 3.68. The van der Waals surface area contributed by atoms with Crippen molar-refractivity contribution in [1.82, 2.24) is 10.3 Å². The van der Waals surface area contributed by atoms with E-state index < -0.39 is 0 Å². The van der Waals surface area contributed by atoms with Gasteiger partial charge in [0.1, 0.15) is 6.10 Å².